The van der Waals surface area contributed by atoms with Crippen LogP contribution in [0, 0.1) is 5.92 Å². The molecular weight excluding hydrogens is 220 g/mol. The summed E-state index contributed by atoms with van der Waals surface area (Å²) in [5.41, 5.74) is 0.0363. The van der Waals surface area contributed by atoms with E-state index in [9.17, 15) is 9.90 Å². The normalized spacial score (nSPS) is 12.5. The highest BCUT2D eigenvalue weighted by molar-refractivity contribution is 5.94. The Morgan fingerprint density at radius 2 is 2.29 bits per heavy atom. The lowest BCUT2D eigenvalue weighted by molar-refractivity contribution is 0.0859. The molecule has 1 aromatic heterocycles. The maximum atomic E-state index is 11.9. The first kappa shape index (κ1) is 13.4. The first-order valence-electron chi connectivity index (χ1n) is 5.50. The molecule has 0 aromatic carbocycles. The van der Waals surface area contributed by atoms with Crippen LogP contribution in [-0.2, 0) is 4.74 Å². The summed E-state index contributed by atoms with van der Waals surface area (Å²) in [7, 11) is 1.58. The first-order valence-corrected chi connectivity index (χ1v) is 5.50. The van der Waals surface area contributed by atoms with Crippen molar-refractivity contribution in [1.82, 2.24) is 10.3 Å². The van der Waals surface area contributed by atoms with Crippen LogP contribution in [0.1, 0.15) is 24.3 Å². The maximum Gasteiger partial charge on any atom is 0.274 e. The molecule has 94 valence electrons. The molecule has 0 aliphatic rings. The SMILES string of the molecule is COCC(NC(=O)c1ncccc1O)C(C)C. The van der Waals surface area contributed by atoms with E-state index >= 15 is 0 Å². The van der Waals surface area contributed by atoms with Crippen molar-refractivity contribution in [3.05, 3.63) is 24.0 Å². The summed E-state index contributed by atoms with van der Waals surface area (Å²) in [6.45, 7) is 4.40. The fourth-order valence-corrected chi connectivity index (χ4v) is 1.39. The Labute approximate surface area is 101 Å². The van der Waals surface area contributed by atoms with E-state index in [1.54, 1.807) is 13.2 Å². The summed E-state index contributed by atoms with van der Waals surface area (Å²) < 4.78 is 5.03. The van der Waals surface area contributed by atoms with Gasteiger partial charge in [0.2, 0.25) is 0 Å². The number of nitrogens with one attached hydrogen (secondary N) is 1. The number of pyridine rings is 1. The van der Waals surface area contributed by atoms with Crippen LogP contribution in [0.15, 0.2) is 18.3 Å². The minimum absolute atomic E-state index is 0.0363. The molecule has 5 nitrogen and oxygen atoms in total. The number of carbonyl (C=O) groups is 1. The zero-order valence-electron chi connectivity index (χ0n) is 10.3. The van der Waals surface area contributed by atoms with Crippen LogP contribution in [0.5, 0.6) is 5.75 Å². The molecule has 1 aromatic rings. The molecule has 0 aliphatic carbocycles. The van der Waals surface area contributed by atoms with E-state index in [0.717, 1.165) is 0 Å². The number of amides is 1. The van der Waals surface area contributed by atoms with E-state index < -0.39 is 0 Å². The third-order valence-corrected chi connectivity index (χ3v) is 2.47. The number of carbonyl (C=O) groups excluding carboxylic acids is 1. The number of aromatic nitrogens is 1. The van der Waals surface area contributed by atoms with E-state index in [-0.39, 0.29) is 29.3 Å². The lowest BCUT2D eigenvalue weighted by atomic mass is 10.1. The van der Waals surface area contributed by atoms with Gasteiger partial charge >= 0.3 is 0 Å². The Morgan fingerprint density at radius 1 is 1.59 bits per heavy atom. The number of aromatic hydroxyl groups is 1. The summed E-state index contributed by atoms with van der Waals surface area (Å²) in [6.07, 6.45) is 1.47. The van der Waals surface area contributed by atoms with Crippen molar-refractivity contribution in [1.29, 1.82) is 0 Å². The molecule has 2 N–H and O–H groups in total. The Balaban J connectivity index is 2.74. The maximum absolute atomic E-state index is 11.9. The predicted molar refractivity (Wildman–Crippen MR) is 63.9 cm³/mol. The number of hydrogen-bond donors (Lipinski definition) is 2. The summed E-state index contributed by atoms with van der Waals surface area (Å²) >= 11 is 0. The Morgan fingerprint density at radius 3 is 2.82 bits per heavy atom. The van der Waals surface area contributed by atoms with Crippen LogP contribution in [-0.4, -0.2) is 35.8 Å². The highest BCUT2D eigenvalue weighted by atomic mass is 16.5. The van der Waals surface area contributed by atoms with Gasteiger partial charge in [-0.1, -0.05) is 13.8 Å². The first-order chi connectivity index (χ1) is 8.06. The Kier molecular flexibility index (Phi) is 4.90. The van der Waals surface area contributed by atoms with Gasteiger partial charge in [-0.25, -0.2) is 4.98 Å². The van der Waals surface area contributed by atoms with Crippen molar-refractivity contribution in [2.45, 2.75) is 19.9 Å². The third kappa shape index (κ3) is 3.71. The molecule has 1 amide bonds. The van der Waals surface area contributed by atoms with E-state index in [1.807, 2.05) is 13.8 Å². The largest absolute Gasteiger partial charge is 0.505 e. The second-order valence-corrected chi connectivity index (χ2v) is 4.15. The van der Waals surface area contributed by atoms with Crippen molar-refractivity contribution >= 4 is 5.91 Å². The van der Waals surface area contributed by atoms with Gasteiger partial charge in [0.25, 0.3) is 5.91 Å². The van der Waals surface area contributed by atoms with Crippen molar-refractivity contribution in [2.75, 3.05) is 13.7 Å². The van der Waals surface area contributed by atoms with Gasteiger partial charge < -0.3 is 15.2 Å². The van der Waals surface area contributed by atoms with Crippen molar-refractivity contribution in [2.24, 2.45) is 5.92 Å². The molecule has 17 heavy (non-hydrogen) atoms. The lowest BCUT2D eigenvalue weighted by Gasteiger charge is -2.21. The summed E-state index contributed by atoms with van der Waals surface area (Å²) in [4.78, 5) is 15.7. The second-order valence-electron chi connectivity index (χ2n) is 4.15. The number of ether oxygens (including phenoxy) is 1. The third-order valence-electron chi connectivity index (χ3n) is 2.47. The van der Waals surface area contributed by atoms with E-state index in [0.29, 0.717) is 6.61 Å². The van der Waals surface area contributed by atoms with Crippen LogP contribution in [0.4, 0.5) is 0 Å². The van der Waals surface area contributed by atoms with Crippen LogP contribution >= 0.6 is 0 Å². The average molecular weight is 238 g/mol. The zero-order valence-corrected chi connectivity index (χ0v) is 10.3. The van der Waals surface area contributed by atoms with Gasteiger partial charge in [0.15, 0.2) is 5.69 Å². The van der Waals surface area contributed by atoms with Crippen molar-refractivity contribution in [3.8, 4) is 5.75 Å². The molecule has 0 bridgehead atoms. The molecule has 1 atom stereocenters. The Hall–Kier alpha value is -1.62. The molecular formula is C12H18N2O3. The van der Waals surface area contributed by atoms with E-state index in [4.69, 9.17) is 4.74 Å². The summed E-state index contributed by atoms with van der Waals surface area (Å²) in [5, 5.41) is 12.3. The fourth-order valence-electron chi connectivity index (χ4n) is 1.39. The van der Waals surface area contributed by atoms with Crippen molar-refractivity contribution < 1.29 is 14.6 Å². The van der Waals surface area contributed by atoms with Crippen LogP contribution in [0.25, 0.3) is 0 Å². The molecule has 5 heteroatoms. The molecule has 0 fully saturated rings. The van der Waals surface area contributed by atoms with Gasteiger partial charge in [0.1, 0.15) is 5.75 Å². The van der Waals surface area contributed by atoms with Crippen LogP contribution in [0.3, 0.4) is 0 Å². The van der Waals surface area contributed by atoms with E-state index in [2.05, 4.69) is 10.3 Å². The highest BCUT2D eigenvalue weighted by Gasteiger charge is 2.19. The average Bonchev–Trinajstić information content (AvgIpc) is 2.28. The van der Waals surface area contributed by atoms with Gasteiger partial charge in [-0.05, 0) is 18.1 Å². The summed E-state index contributed by atoms with van der Waals surface area (Å²) in [6, 6.07) is 2.90. The van der Waals surface area contributed by atoms with Gasteiger partial charge in [0, 0.05) is 13.3 Å². The number of hydrogen-bond acceptors (Lipinski definition) is 4. The standard InChI is InChI=1S/C12H18N2O3/c1-8(2)9(7-17-3)14-12(16)11-10(15)5-4-6-13-11/h4-6,8-9,15H,7H2,1-3H3,(H,14,16). The monoisotopic (exact) mass is 238 g/mol. The smallest absolute Gasteiger partial charge is 0.274 e. The molecule has 0 saturated carbocycles. The molecule has 1 unspecified atom stereocenters. The van der Waals surface area contributed by atoms with Gasteiger partial charge in [0.05, 0.1) is 12.6 Å². The molecule has 0 spiro atoms. The topological polar surface area (TPSA) is 71.5 Å². The highest BCUT2D eigenvalue weighted by Crippen LogP contribution is 2.13. The van der Waals surface area contributed by atoms with Crippen LogP contribution in [0.2, 0.25) is 0 Å². The predicted octanol–water partition coefficient (Wildman–Crippen LogP) is 1.19. The minimum Gasteiger partial charge on any atom is -0.505 e. The summed E-state index contributed by atoms with van der Waals surface area (Å²) in [5.74, 6) is -0.270. The number of nitrogens with zero attached hydrogens (tertiary/aromatic N) is 1. The lowest BCUT2D eigenvalue weighted by Crippen LogP contribution is -2.41. The molecule has 1 rings (SSSR count). The zero-order chi connectivity index (χ0) is 12.8. The van der Waals surface area contributed by atoms with E-state index in [1.165, 1.54) is 12.3 Å². The van der Waals surface area contributed by atoms with Gasteiger partial charge in [-0.2, -0.15) is 0 Å². The number of rotatable bonds is 5. The second kappa shape index (κ2) is 6.20. The van der Waals surface area contributed by atoms with Crippen LogP contribution < -0.4 is 5.32 Å². The Bertz CT molecular complexity index is 380. The minimum atomic E-state index is -0.390. The molecule has 0 saturated heterocycles. The molecule has 0 aliphatic heterocycles. The molecule has 1 heterocycles. The van der Waals surface area contributed by atoms with Crippen molar-refractivity contribution in [3.63, 3.8) is 0 Å². The van der Waals surface area contributed by atoms with Gasteiger partial charge in [-0.3, -0.25) is 4.79 Å². The number of methoxy groups -OCH3 is 1. The van der Waals surface area contributed by atoms with Gasteiger partial charge in [-0.15, -0.1) is 0 Å². The molecule has 0 radical (unpaired) electrons. The quantitative estimate of drug-likeness (QED) is 0.808. The fraction of sp³-hybridized carbons (Fsp3) is 0.500.